The molecule has 0 N–H and O–H groups in total. The Balaban J connectivity index is 2.30. The van der Waals surface area contributed by atoms with E-state index in [2.05, 4.69) is 89.7 Å². The lowest BCUT2D eigenvalue weighted by Crippen LogP contribution is -2.03. The molecule has 0 amide bonds. The smallest absolute Gasteiger partial charge is 0.0909 e. The van der Waals surface area contributed by atoms with Gasteiger partial charge in [0, 0.05) is 13.0 Å². The molecule has 42 heavy (non-hydrogen) atoms. The van der Waals surface area contributed by atoms with Gasteiger partial charge in [0.25, 0.3) is 0 Å². The van der Waals surface area contributed by atoms with Gasteiger partial charge in [-0.05, 0) is 108 Å². The van der Waals surface area contributed by atoms with Gasteiger partial charge in [-0.15, -0.1) is 0 Å². The molecular formula is C40H65N2+. The van der Waals surface area contributed by atoms with Crippen LogP contribution in [0.15, 0.2) is 41.1 Å². The Morgan fingerprint density at radius 1 is 0.595 bits per heavy atom. The van der Waals surface area contributed by atoms with Crippen LogP contribution in [0.25, 0.3) is 6.08 Å². The van der Waals surface area contributed by atoms with Crippen LogP contribution < -0.4 is 0 Å². The summed E-state index contributed by atoms with van der Waals surface area (Å²) in [4.78, 5) is 0. The monoisotopic (exact) mass is 574 g/mol. The molecule has 2 nitrogen and oxygen atoms in total. The Hall–Kier alpha value is -2.22. The number of azo groups is 2. The van der Waals surface area contributed by atoms with Crippen molar-refractivity contribution in [3.8, 4) is 0 Å². The van der Waals surface area contributed by atoms with Crippen molar-refractivity contribution in [3.63, 3.8) is 0 Å². The van der Waals surface area contributed by atoms with E-state index in [1.807, 2.05) is 0 Å². The average molecular weight is 574 g/mol. The van der Waals surface area contributed by atoms with Gasteiger partial charge in [-0.2, -0.15) is 0 Å². The van der Waals surface area contributed by atoms with Gasteiger partial charge in [0.15, 0.2) is 7.05 Å². The van der Waals surface area contributed by atoms with Gasteiger partial charge in [0.2, 0.25) is 5.70 Å². The largest absolute Gasteiger partial charge is 0.205 e. The van der Waals surface area contributed by atoms with E-state index < -0.39 is 0 Å². The Kier molecular flexibility index (Phi) is 18.4. The van der Waals surface area contributed by atoms with Crippen molar-refractivity contribution in [2.24, 2.45) is 5.11 Å². The molecule has 0 saturated carbocycles. The molecule has 0 aliphatic rings. The van der Waals surface area contributed by atoms with Crippen LogP contribution in [0.4, 0.5) is 5.69 Å². The fourth-order valence-electron chi connectivity index (χ4n) is 6.03. The highest BCUT2D eigenvalue weighted by atomic mass is 15.2. The summed E-state index contributed by atoms with van der Waals surface area (Å²) in [5.74, 6) is 0. The molecule has 0 radical (unpaired) electrons. The van der Waals surface area contributed by atoms with Crippen molar-refractivity contribution in [2.75, 3.05) is 7.05 Å². The lowest BCUT2D eigenvalue weighted by Gasteiger charge is -2.16. The predicted molar refractivity (Wildman–Crippen MR) is 186 cm³/mol. The maximum absolute atomic E-state index is 5.11. The number of hydrogen-bond acceptors (Lipinski definition) is 1. The highest BCUT2D eigenvalue weighted by Gasteiger charge is 2.12. The molecule has 2 heteroatoms. The SMILES string of the molecule is CCCCCCCCc1cc(CCCC)cc(N=[N+](C)C(C)=Cc2cc(CC)c(CCCC)c(CCCCCC)c2)c1. The lowest BCUT2D eigenvalue weighted by atomic mass is 9.89. The van der Waals surface area contributed by atoms with E-state index in [4.69, 9.17) is 5.11 Å². The third-order valence-corrected chi connectivity index (χ3v) is 8.74. The normalized spacial score (nSPS) is 12.4. The van der Waals surface area contributed by atoms with Crippen LogP contribution in [-0.2, 0) is 32.1 Å². The van der Waals surface area contributed by atoms with Gasteiger partial charge in [-0.25, -0.2) is 0 Å². The van der Waals surface area contributed by atoms with Crippen molar-refractivity contribution in [3.05, 3.63) is 69.4 Å². The van der Waals surface area contributed by atoms with Crippen LogP contribution in [0.5, 0.6) is 0 Å². The van der Waals surface area contributed by atoms with E-state index in [9.17, 15) is 0 Å². The Labute approximate surface area is 261 Å². The van der Waals surface area contributed by atoms with E-state index in [1.165, 1.54) is 137 Å². The summed E-state index contributed by atoms with van der Waals surface area (Å²) in [6, 6.07) is 12.0. The molecule has 0 aliphatic heterocycles. The summed E-state index contributed by atoms with van der Waals surface area (Å²) in [7, 11) is 2.11. The second kappa shape index (κ2) is 21.5. The molecular weight excluding hydrogens is 508 g/mol. The van der Waals surface area contributed by atoms with Gasteiger partial charge < -0.3 is 0 Å². The number of allylic oxidation sites excluding steroid dienone is 1. The van der Waals surface area contributed by atoms with Crippen LogP contribution >= 0.6 is 0 Å². The molecule has 0 unspecified atom stereocenters. The highest BCUT2D eigenvalue weighted by molar-refractivity contribution is 5.56. The van der Waals surface area contributed by atoms with E-state index in [0.29, 0.717) is 0 Å². The standard InChI is InChI=1S/C40H65N2/c1-8-13-17-19-20-21-24-35-28-34(23-15-10-3)31-39(32-35)41-42(7)33(6)27-36-29-37(12-5)40(26-16-11-4)38(30-36)25-22-18-14-9-2/h27-32H,8-26H2,1-7H3/q+1. The molecule has 0 atom stereocenters. The molecule has 0 heterocycles. The van der Waals surface area contributed by atoms with Crippen LogP contribution in [-0.4, -0.2) is 11.7 Å². The minimum atomic E-state index is 1.10. The van der Waals surface area contributed by atoms with E-state index in [0.717, 1.165) is 18.5 Å². The molecule has 0 aliphatic carbocycles. The van der Waals surface area contributed by atoms with Crippen molar-refractivity contribution in [1.29, 1.82) is 0 Å². The number of nitrogens with zero attached hydrogens (tertiary/aromatic N) is 2. The van der Waals surface area contributed by atoms with Crippen molar-refractivity contribution in [1.82, 2.24) is 0 Å². The topological polar surface area (TPSA) is 15.4 Å². The number of aryl methyl sites for hydroxylation is 4. The second-order valence-corrected chi connectivity index (χ2v) is 12.6. The lowest BCUT2D eigenvalue weighted by molar-refractivity contribution is -0.510. The van der Waals surface area contributed by atoms with Crippen molar-refractivity contribution < 1.29 is 4.70 Å². The van der Waals surface area contributed by atoms with E-state index in [1.54, 1.807) is 11.1 Å². The number of unbranched alkanes of at least 4 members (excludes halogenated alkanes) is 10. The Morgan fingerprint density at radius 2 is 1.12 bits per heavy atom. The van der Waals surface area contributed by atoms with Gasteiger partial charge in [-0.1, -0.05) is 122 Å². The molecule has 2 rings (SSSR count). The summed E-state index contributed by atoms with van der Waals surface area (Å²) in [5.41, 5.74) is 11.3. The first-order chi connectivity index (χ1) is 20.4. The summed E-state index contributed by atoms with van der Waals surface area (Å²) in [5, 5.41) is 5.11. The Bertz CT molecular complexity index is 1090. The van der Waals surface area contributed by atoms with Crippen LogP contribution in [0.2, 0.25) is 0 Å². The molecule has 234 valence electrons. The van der Waals surface area contributed by atoms with Crippen molar-refractivity contribution >= 4 is 11.8 Å². The van der Waals surface area contributed by atoms with Gasteiger partial charge >= 0.3 is 0 Å². The first kappa shape index (κ1) is 36.0. The highest BCUT2D eigenvalue weighted by Crippen LogP contribution is 2.26. The second-order valence-electron chi connectivity index (χ2n) is 12.6. The fourth-order valence-corrected chi connectivity index (χ4v) is 6.03. The summed E-state index contributed by atoms with van der Waals surface area (Å²) in [6.07, 6.45) is 26.5. The number of rotatable bonds is 22. The summed E-state index contributed by atoms with van der Waals surface area (Å²) >= 11 is 0. The molecule has 0 bridgehead atoms. The molecule has 0 aromatic heterocycles. The first-order valence-electron chi connectivity index (χ1n) is 17.9. The van der Waals surface area contributed by atoms with Crippen molar-refractivity contribution in [2.45, 2.75) is 164 Å². The third-order valence-electron chi connectivity index (χ3n) is 8.74. The average Bonchev–Trinajstić information content (AvgIpc) is 2.99. The zero-order valence-electron chi connectivity index (χ0n) is 28.8. The van der Waals surface area contributed by atoms with Gasteiger partial charge in [0.05, 0.1) is 0 Å². The number of benzene rings is 2. The zero-order valence-corrected chi connectivity index (χ0v) is 28.8. The maximum Gasteiger partial charge on any atom is 0.205 e. The molecule has 0 fully saturated rings. The van der Waals surface area contributed by atoms with Crippen LogP contribution in [0.1, 0.15) is 165 Å². The molecule has 0 spiro atoms. The summed E-state index contributed by atoms with van der Waals surface area (Å²) < 4.78 is 2.09. The first-order valence-corrected chi connectivity index (χ1v) is 17.9. The minimum Gasteiger partial charge on any atom is -0.0909 e. The Morgan fingerprint density at radius 3 is 1.76 bits per heavy atom. The van der Waals surface area contributed by atoms with E-state index in [-0.39, 0.29) is 0 Å². The van der Waals surface area contributed by atoms with E-state index >= 15 is 0 Å². The summed E-state index contributed by atoms with van der Waals surface area (Å²) in [6.45, 7) is 13.7. The van der Waals surface area contributed by atoms with Gasteiger partial charge in [-0.3, -0.25) is 0 Å². The predicted octanol–water partition coefficient (Wildman–Crippen LogP) is 12.7. The molecule has 2 aromatic rings. The minimum absolute atomic E-state index is 1.10. The maximum atomic E-state index is 5.11. The molecule has 2 aromatic carbocycles. The van der Waals surface area contributed by atoms with Crippen LogP contribution in [0, 0.1) is 0 Å². The third kappa shape index (κ3) is 13.4. The quantitative estimate of drug-likeness (QED) is 0.0756. The molecule has 0 saturated heterocycles. The van der Waals surface area contributed by atoms with Crippen LogP contribution in [0.3, 0.4) is 0 Å². The fraction of sp³-hybridized carbons (Fsp3) is 0.650. The number of hydrogen-bond donors (Lipinski definition) is 0. The zero-order chi connectivity index (χ0) is 30.6. The van der Waals surface area contributed by atoms with Gasteiger partial charge in [0.1, 0.15) is 5.69 Å².